The average Bonchev–Trinajstić information content (AvgIpc) is 3.61. The minimum absolute atomic E-state index is 0.0203. The Balaban J connectivity index is 1.22. The maximum Gasteiger partial charge on any atom is 0.410 e. The first-order valence-corrected chi connectivity index (χ1v) is 12.3. The SMILES string of the molecule is Cc1noc(-c2ccc(-c3ccc(C4CC4)cc3)cc2)c1CN1C(=O)OC[C@@H]1Cc1ccccc1. The lowest BCUT2D eigenvalue weighted by Crippen LogP contribution is -2.34. The van der Waals surface area contributed by atoms with Gasteiger partial charge in [-0.3, -0.25) is 4.90 Å². The van der Waals surface area contributed by atoms with Crippen molar-refractivity contribution in [1.29, 1.82) is 0 Å². The van der Waals surface area contributed by atoms with Gasteiger partial charge < -0.3 is 9.26 Å². The highest BCUT2D eigenvalue weighted by Gasteiger charge is 2.34. The second-order valence-electron chi connectivity index (χ2n) is 9.60. The molecule has 0 radical (unpaired) electrons. The van der Waals surface area contributed by atoms with Crippen molar-refractivity contribution in [2.45, 2.75) is 44.7 Å². The monoisotopic (exact) mass is 464 g/mol. The van der Waals surface area contributed by atoms with Crippen molar-refractivity contribution in [3.63, 3.8) is 0 Å². The minimum atomic E-state index is -0.289. The van der Waals surface area contributed by atoms with E-state index < -0.39 is 0 Å². The molecule has 1 amide bonds. The standard InChI is InChI=1S/C30H28N2O3/c1-20-28(18-32-27(19-34-30(32)33)17-21-5-3-2-4-6-21)29(35-31-20)26-15-13-25(14-16-26)24-11-9-23(10-12-24)22-7-8-22/h2-6,9-16,22,27H,7-8,17-19H2,1H3/t27-/m0/s1. The van der Waals surface area contributed by atoms with Gasteiger partial charge in [0, 0.05) is 11.1 Å². The Labute approximate surface area is 205 Å². The number of aromatic nitrogens is 1. The predicted molar refractivity (Wildman–Crippen MR) is 135 cm³/mol. The molecule has 0 N–H and O–H groups in total. The number of carbonyl (C=O) groups is 1. The predicted octanol–water partition coefficient (Wildman–Crippen LogP) is 6.76. The zero-order valence-electron chi connectivity index (χ0n) is 19.8. The van der Waals surface area contributed by atoms with Gasteiger partial charge in [0.05, 0.1) is 18.3 Å². The summed E-state index contributed by atoms with van der Waals surface area (Å²) in [5.41, 5.74) is 7.66. The van der Waals surface area contributed by atoms with Gasteiger partial charge in [0.2, 0.25) is 0 Å². The minimum Gasteiger partial charge on any atom is -0.447 e. The Hall–Kier alpha value is -3.86. The number of carbonyl (C=O) groups excluding carboxylic acids is 1. The number of benzene rings is 3. The smallest absolute Gasteiger partial charge is 0.410 e. The Morgan fingerprint density at radius 2 is 1.54 bits per heavy atom. The molecule has 0 unspecified atom stereocenters. The fourth-order valence-corrected chi connectivity index (χ4v) is 4.89. The van der Waals surface area contributed by atoms with Gasteiger partial charge in [0.25, 0.3) is 0 Å². The summed E-state index contributed by atoms with van der Waals surface area (Å²) in [6, 6.07) is 27.5. The van der Waals surface area contributed by atoms with E-state index in [1.165, 1.54) is 35.1 Å². The lowest BCUT2D eigenvalue weighted by Gasteiger charge is -2.21. The van der Waals surface area contributed by atoms with Crippen LogP contribution in [-0.4, -0.2) is 28.8 Å². The van der Waals surface area contributed by atoms with Gasteiger partial charge in [-0.05, 0) is 54.4 Å². The molecule has 0 bridgehead atoms. The highest BCUT2D eigenvalue weighted by atomic mass is 16.6. The zero-order chi connectivity index (χ0) is 23.8. The van der Waals surface area contributed by atoms with Crippen molar-refractivity contribution >= 4 is 6.09 Å². The number of hydrogen-bond donors (Lipinski definition) is 0. The van der Waals surface area contributed by atoms with E-state index in [2.05, 4.69) is 65.8 Å². The summed E-state index contributed by atoms with van der Waals surface area (Å²) in [6.45, 7) is 2.72. The third kappa shape index (κ3) is 4.46. The normalized spacial score (nSPS) is 17.6. The van der Waals surface area contributed by atoms with Crippen molar-refractivity contribution in [3.05, 3.63) is 101 Å². The van der Waals surface area contributed by atoms with E-state index in [0.717, 1.165) is 29.2 Å². The molecule has 3 aromatic carbocycles. The summed E-state index contributed by atoms with van der Waals surface area (Å²) in [4.78, 5) is 14.4. The molecule has 176 valence electrons. The summed E-state index contributed by atoms with van der Waals surface area (Å²) >= 11 is 0. The molecule has 1 aromatic heterocycles. The molecule has 1 saturated carbocycles. The van der Waals surface area contributed by atoms with Crippen LogP contribution in [0.25, 0.3) is 22.5 Å². The van der Waals surface area contributed by atoms with Crippen molar-refractivity contribution in [2.75, 3.05) is 6.61 Å². The molecule has 2 heterocycles. The number of rotatable bonds is 7. The van der Waals surface area contributed by atoms with E-state index in [-0.39, 0.29) is 12.1 Å². The second kappa shape index (κ2) is 9.06. The molecule has 1 aliphatic heterocycles. The van der Waals surface area contributed by atoms with Crippen molar-refractivity contribution in [3.8, 4) is 22.5 Å². The topological polar surface area (TPSA) is 55.6 Å². The third-order valence-corrected chi connectivity index (χ3v) is 7.14. The molecule has 2 fully saturated rings. The van der Waals surface area contributed by atoms with Crippen LogP contribution in [0.4, 0.5) is 4.79 Å². The molecule has 1 saturated heterocycles. The number of amides is 1. The molecular formula is C30H28N2O3. The fraction of sp³-hybridized carbons (Fsp3) is 0.267. The summed E-state index contributed by atoms with van der Waals surface area (Å²) < 4.78 is 11.2. The van der Waals surface area contributed by atoms with E-state index >= 15 is 0 Å². The second-order valence-corrected chi connectivity index (χ2v) is 9.60. The fourth-order valence-electron chi connectivity index (χ4n) is 4.89. The quantitative estimate of drug-likeness (QED) is 0.303. The van der Waals surface area contributed by atoms with E-state index in [0.29, 0.717) is 18.9 Å². The molecule has 1 aliphatic carbocycles. The first kappa shape index (κ1) is 21.7. The van der Waals surface area contributed by atoms with Crippen molar-refractivity contribution in [1.82, 2.24) is 10.1 Å². The number of nitrogens with zero attached hydrogens (tertiary/aromatic N) is 2. The molecular weight excluding hydrogens is 436 g/mol. The van der Waals surface area contributed by atoms with Gasteiger partial charge in [0.15, 0.2) is 5.76 Å². The maximum atomic E-state index is 12.6. The van der Waals surface area contributed by atoms with Crippen LogP contribution in [0, 0.1) is 6.92 Å². The number of hydrogen-bond acceptors (Lipinski definition) is 4. The van der Waals surface area contributed by atoms with E-state index in [1.807, 2.05) is 25.1 Å². The molecule has 5 nitrogen and oxygen atoms in total. The van der Waals surface area contributed by atoms with Gasteiger partial charge >= 0.3 is 6.09 Å². The molecule has 1 atom stereocenters. The number of ether oxygens (including phenoxy) is 1. The van der Waals surface area contributed by atoms with Gasteiger partial charge in [-0.25, -0.2) is 4.79 Å². The zero-order valence-corrected chi connectivity index (χ0v) is 19.8. The van der Waals surface area contributed by atoms with Gasteiger partial charge in [-0.2, -0.15) is 0 Å². The van der Waals surface area contributed by atoms with Gasteiger partial charge in [-0.15, -0.1) is 0 Å². The molecule has 35 heavy (non-hydrogen) atoms. The highest BCUT2D eigenvalue weighted by molar-refractivity contribution is 5.72. The number of cyclic esters (lactones) is 1. The largest absolute Gasteiger partial charge is 0.447 e. The first-order valence-electron chi connectivity index (χ1n) is 12.3. The maximum absolute atomic E-state index is 12.6. The molecule has 6 rings (SSSR count). The molecule has 5 heteroatoms. The van der Waals surface area contributed by atoms with Crippen LogP contribution in [0.1, 0.15) is 41.1 Å². The summed E-state index contributed by atoms with van der Waals surface area (Å²) in [7, 11) is 0. The van der Waals surface area contributed by atoms with Crippen LogP contribution < -0.4 is 0 Å². The van der Waals surface area contributed by atoms with Crippen LogP contribution in [0.15, 0.2) is 83.4 Å². The average molecular weight is 465 g/mol. The summed E-state index contributed by atoms with van der Waals surface area (Å²) in [5, 5.41) is 4.23. The third-order valence-electron chi connectivity index (χ3n) is 7.14. The lowest BCUT2D eigenvalue weighted by molar-refractivity contribution is 0.156. The molecule has 4 aromatic rings. The van der Waals surface area contributed by atoms with Crippen LogP contribution in [0.2, 0.25) is 0 Å². The highest BCUT2D eigenvalue weighted by Crippen LogP contribution is 2.40. The van der Waals surface area contributed by atoms with E-state index in [9.17, 15) is 4.79 Å². The number of aryl methyl sites for hydroxylation is 1. The summed E-state index contributed by atoms with van der Waals surface area (Å²) in [6.07, 6.45) is 3.09. The van der Waals surface area contributed by atoms with Gasteiger partial charge in [0.1, 0.15) is 6.61 Å². The Kier molecular flexibility index (Phi) is 5.61. The lowest BCUT2D eigenvalue weighted by atomic mass is 9.99. The Morgan fingerprint density at radius 1 is 0.886 bits per heavy atom. The summed E-state index contributed by atoms with van der Waals surface area (Å²) in [5.74, 6) is 1.47. The van der Waals surface area contributed by atoms with Crippen LogP contribution in [-0.2, 0) is 17.7 Å². The first-order chi connectivity index (χ1) is 17.2. The Bertz CT molecular complexity index is 1320. The molecule has 0 spiro atoms. The van der Waals surface area contributed by atoms with Crippen molar-refractivity contribution < 1.29 is 14.1 Å². The molecule has 2 aliphatic rings. The van der Waals surface area contributed by atoms with E-state index in [4.69, 9.17) is 9.26 Å². The van der Waals surface area contributed by atoms with E-state index in [1.54, 1.807) is 4.90 Å². The van der Waals surface area contributed by atoms with Gasteiger partial charge in [-0.1, -0.05) is 84.0 Å². The van der Waals surface area contributed by atoms with Crippen molar-refractivity contribution in [2.24, 2.45) is 0 Å². The van der Waals surface area contributed by atoms with Crippen LogP contribution in [0.3, 0.4) is 0 Å². The Morgan fingerprint density at radius 3 is 2.23 bits per heavy atom. The van der Waals surface area contributed by atoms with Crippen LogP contribution >= 0.6 is 0 Å². The van der Waals surface area contributed by atoms with Crippen LogP contribution in [0.5, 0.6) is 0 Å².